The number of nitrogens with one attached hydrogen (secondary N) is 1. The number of nitrogens with zero attached hydrogens (tertiary/aromatic N) is 4. The summed E-state index contributed by atoms with van der Waals surface area (Å²) in [6, 6.07) is 5.54. The molecule has 0 unspecified atom stereocenters. The fourth-order valence-electron chi connectivity index (χ4n) is 2.85. The van der Waals surface area contributed by atoms with Crippen LogP contribution in [0.1, 0.15) is 0 Å². The Labute approximate surface area is 148 Å². The molecule has 7 nitrogen and oxygen atoms in total. The highest BCUT2D eigenvalue weighted by atomic mass is 35.5. The lowest BCUT2D eigenvalue weighted by molar-refractivity contribution is 0.416. The van der Waals surface area contributed by atoms with E-state index in [1.165, 1.54) is 0 Å². The summed E-state index contributed by atoms with van der Waals surface area (Å²) in [7, 11) is 3.48. The van der Waals surface area contributed by atoms with E-state index >= 15 is 0 Å². The molecule has 0 amide bonds. The van der Waals surface area contributed by atoms with Crippen LogP contribution in [0.5, 0.6) is 5.75 Å². The minimum absolute atomic E-state index is 0.188. The number of nitrogen functional groups attached to an aromatic ring is 1. The van der Waals surface area contributed by atoms with Gasteiger partial charge in [-0.1, -0.05) is 11.6 Å². The summed E-state index contributed by atoms with van der Waals surface area (Å²) >= 11 is 6.57. The van der Waals surface area contributed by atoms with Gasteiger partial charge in [-0.3, -0.25) is 4.68 Å². The topological polar surface area (TPSA) is 94.6 Å². The Morgan fingerprint density at radius 3 is 2.80 bits per heavy atom. The van der Waals surface area contributed by atoms with E-state index in [4.69, 9.17) is 22.1 Å². The van der Waals surface area contributed by atoms with Gasteiger partial charge in [0.2, 0.25) is 5.95 Å². The molecule has 0 atom stereocenters. The van der Waals surface area contributed by atoms with Crippen LogP contribution in [0.4, 0.5) is 5.95 Å². The molecule has 25 heavy (non-hydrogen) atoms. The van der Waals surface area contributed by atoms with E-state index in [2.05, 4.69) is 20.1 Å². The summed E-state index contributed by atoms with van der Waals surface area (Å²) in [5, 5.41) is 4.74. The Balaban J connectivity index is 1.95. The highest BCUT2D eigenvalue weighted by Crippen LogP contribution is 2.40. The summed E-state index contributed by atoms with van der Waals surface area (Å²) < 4.78 is 7.30. The van der Waals surface area contributed by atoms with E-state index in [0.717, 1.165) is 22.2 Å². The van der Waals surface area contributed by atoms with E-state index in [9.17, 15) is 0 Å². The SMILES string of the molecule is COc1cc(-c2nc(N)nc3cc[nH]c23)c(Cl)cc1-c1cnn(C)c1. The maximum Gasteiger partial charge on any atom is 0.221 e. The molecule has 4 rings (SSSR count). The predicted octanol–water partition coefficient (Wildman–Crippen LogP) is 3.27. The van der Waals surface area contributed by atoms with E-state index < -0.39 is 0 Å². The molecule has 0 radical (unpaired) electrons. The van der Waals surface area contributed by atoms with Gasteiger partial charge in [0.25, 0.3) is 0 Å². The fraction of sp³-hybridized carbons (Fsp3) is 0.118. The number of nitrogens with two attached hydrogens (primary N) is 1. The number of anilines is 1. The fourth-order valence-corrected chi connectivity index (χ4v) is 3.10. The first-order chi connectivity index (χ1) is 12.1. The second-order valence-electron chi connectivity index (χ2n) is 5.60. The first-order valence-corrected chi connectivity index (χ1v) is 7.92. The summed E-state index contributed by atoms with van der Waals surface area (Å²) in [4.78, 5) is 11.7. The molecule has 0 saturated heterocycles. The Bertz CT molecular complexity index is 1080. The molecular weight excluding hydrogens is 340 g/mol. The maximum absolute atomic E-state index is 6.57. The van der Waals surface area contributed by atoms with Gasteiger partial charge in [-0.05, 0) is 18.2 Å². The molecule has 0 fully saturated rings. The molecular formula is C17H15ClN6O. The number of H-pyrrole nitrogens is 1. The predicted molar refractivity (Wildman–Crippen MR) is 97.5 cm³/mol. The number of aryl methyl sites for hydroxylation is 1. The molecule has 3 aromatic heterocycles. The van der Waals surface area contributed by atoms with Crippen LogP contribution in [0, 0.1) is 0 Å². The van der Waals surface area contributed by atoms with Gasteiger partial charge in [0.15, 0.2) is 0 Å². The van der Waals surface area contributed by atoms with E-state index in [1.807, 2.05) is 31.4 Å². The molecule has 3 N–H and O–H groups in total. The van der Waals surface area contributed by atoms with Gasteiger partial charge >= 0.3 is 0 Å². The Morgan fingerprint density at radius 1 is 1.24 bits per heavy atom. The number of hydrogen-bond acceptors (Lipinski definition) is 5. The molecule has 4 aromatic rings. The van der Waals surface area contributed by atoms with E-state index in [0.29, 0.717) is 22.0 Å². The van der Waals surface area contributed by atoms with Crippen LogP contribution >= 0.6 is 11.6 Å². The van der Waals surface area contributed by atoms with Crippen molar-refractivity contribution in [2.75, 3.05) is 12.8 Å². The average molecular weight is 355 g/mol. The smallest absolute Gasteiger partial charge is 0.221 e. The van der Waals surface area contributed by atoms with E-state index in [1.54, 1.807) is 24.2 Å². The van der Waals surface area contributed by atoms with Gasteiger partial charge in [-0.25, -0.2) is 9.97 Å². The molecule has 1 aromatic carbocycles. The third-order valence-electron chi connectivity index (χ3n) is 3.98. The van der Waals surface area contributed by atoms with Gasteiger partial charge in [-0.2, -0.15) is 5.10 Å². The zero-order chi connectivity index (χ0) is 17.6. The van der Waals surface area contributed by atoms with E-state index in [-0.39, 0.29) is 5.95 Å². The summed E-state index contributed by atoms with van der Waals surface area (Å²) in [5.74, 6) is 0.859. The molecule has 126 valence electrons. The van der Waals surface area contributed by atoms with Crippen LogP contribution in [-0.2, 0) is 7.05 Å². The van der Waals surface area contributed by atoms with Crippen LogP contribution < -0.4 is 10.5 Å². The summed E-state index contributed by atoms with van der Waals surface area (Å²) in [6.45, 7) is 0. The molecule has 0 saturated carbocycles. The minimum atomic E-state index is 0.188. The van der Waals surface area contributed by atoms with Gasteiger partial charge in [-0.15, -0.1) is 0 Å². The molecule has 0 aliphatic heterocycles. The van der Waals surface area contributed by atoms with Crippen molar-refractivity contribution in [1.29, 1.82) is 0 Å². The number of aromatic nitrogens is 5. The van der Waals surface area contributed by atoms with Crippen molar-refractivity contribution in [2.24, 2.45) is 7.05 Å². The number of fused-ring (bicyclic) bond motifs is 1. The zero-order valence-electron chi connectivity index (χ0n) is 13.6. The second kappa shape index (κ2) is 5.78. The van der Waals surface area contributed by atoms with Crippen molar-refractivity contribution in [3.8, 4) is 28.1 Å². The molecule has 8 heteroatoms. The van der Waals surface area contributed by atoms with Crippen LogP contribution in [0.25, 0.3) is 33.4 Å². The highest BCUT2D eigenvalue weighted by molar-refractivity contribution is 6.34. The number of ether oxygens (including phenoxy) is 1. The van der Waals surface area contributed by atoms with Crippen molar-refractivity contribution in [1.82, 2.24) is 24.7 Å². The quantitative estimate of drug-likeness (QED) is 0.588. The van der Waals surface area contributed by atoms with Gasteiger partial charge < -0.3 is 15.5 Å². The lowest BCUT2D eigenvalue weighted by atomic mass is 10.0. The lowest BCUT2D eigenvalue weighted by Gasteiger charge is -2.12. The molecule has 3 heterocycles. The van der Waals surface area contributed by atoms with Crippen LogP contribution in [0.15, 0.2) is 36.8 Å². The van der Waals surface area contributed by atoms with Crippen molar-refractivity contribution >= 4 is 28.6 Å². The first kappa shape index (κ1) is 15.5. The number of aromatic amines is 1. The normalized spacial score (nSPS) is 11.2. The van der Waals surface area contributed by atoms with Crippen molar-refractivity contribution in [3.63, 3.8) is 0 Å². The highest BCUT2D eigenvalue weighted by Gasteiger charge is 2.17. The monoisotopic (exact) mass is 354 g/mol. The zero-order valence-corrected chi connectivity index (χ0v) is 14.4. The standard InChI is InChI=1S/C17H15ClN6O/c1-24-8-9(7-21-24)10-5-12(18)11(6-14(10)25-2)15-16-13(3-4-20-16)22-17(19)23-15/h3-8,20H,1-2H3,(H2,19,22,23). The van der Waals surface area contributed by atoms with Crippen LogP contribution in [-0.4, -0.2) is 31.8 Å². The van der Waals surface area contributed by atoms with Crippen molar-refractivity contribution < 1.29 is 4.74 Å². The summed E-state index contributed by atoms with van der Waals surface area (Å²) in [6.07, 6.45) is 5.46. The van der Waals surface area contributed by atoms with Crippen LogP contribution in [0.2, 0.25) is 5.02 Å². The Kier molecular flexibility index (Phi) is 3.58. The minimum Gasteiger partial charge on any atom is -0.496 e. The number of methoxy groups -OCH3 is 1. The maximum atomic E-state index is 6.57. The van der Waals surface area contributed by atoms with Gasteiger partial charge in [0.1, 0.15) is 11.4 Å². The number of rotatable bonds is 3. The Morgan fingerprint density at radius 2 is 2.08 bits per heavy atom. The number of halogens is 1. The second-order valence-corrected chi connectivity index (χ2v) is 6.01. The first-order valence-electron chi connectivity index (χ1n) is 7.54. The average Bonchev–Trinajstić information content (AvgIpc) is 3.22. The van der Waals surface area contributed by atoms with Gasteiger partial charge in [0.05, 0.1) is 29.4 Å². The van der Waals surface area contributed by atoms with Gasteiger partial charge in [0, 0.05) is 36.1 Å². The molecule has 0 aliphatic carbocycles. The number of hydrogen-bond donors (Lipinski definition) is 2. The largest absolute Gasteiger partial charge is 0.496 e. The van der Waals surface area contributed by atoms with Crippen LogP contribution in [0.3, 0.4) is 0 Å². The van der Waals surface area contributed by atoms with Crippen molar-refractivity contribution in [2.45, 2.75) is 0 Å². The third kappa shape index (κ3) is 2.58. The number of benzene rings is 1. The molecule has 0 spiro atoms. The Hall–Kier alpha value is -3.06. The molecule has 0 aliphatic rings. The van der Waals surface area contributed by atoms with Crippen molar-refractivity contribution in [3.05, 3.63) is 41.8 Å². The third-order valence-corrected chi connectivity index (χ3v) is 4.30. The lowest BCUT2D eigenvalue weighted by Crippen LogP contribution is -1.98. The summed E-state index contributed by atoms with van der Waals surface area (Å²) in [5.41, 5.74) is 10.5. The molecule has 0 bridgehead atoms.